The lowest BCUT2D eigenvalue weighted by Gasteiger charge is -2.00. The Balaban J connectivity index is 1.92. The van der Waals surface area contributed by atoms with Crippen molar-refractivity contribution in [3.63, 3.8) is 0 Å². The number of hydrogen-bond donors (Lipinski definition) is 1. The van der Waals surface area contributed by atoms with Gasteiger partial charge in [-0.1, -0.05) is 6.07 Å². The number of aromatic nitrogens is 3. The molecular weight excluding hydrogens is 306 g/mol. The molecule has 0 saturated heterocycles. The van der Waals surface area contributed by atoms with E-state index in [4.69, 9.17) is 5.26 Å². The largest absolute Gasteiger partial charge is 0.323 e. The minimum atomic E-state index is 0.511. The van der Waals surface area contributed by atoms with E-state index in [-0.39, 0.29) is 0 Å². The Kier molecular flexibility index (Phi) is 2.89. The standard InChI is InChI=1S/C13H8BrN5/c14-11-2-1-3-12-17-13(18-19(11)12)16-10-6-4-9(8-15)5-7-10/h1-7H,(H,16,18). The number of halogens is 1. The van der Waals surface area contributed by atoms with E-state index in [1.807, 2.05) is 30.3 Å². The van der Waals surface area contributed by atoms with Gasteiger partial charge in [0, 0.05) is 5.69 Å². The van der Waals surface area contributed by atoms with E-state index >= 15 is 0 Å². The molecule has 0 amide bonds. The van der Waals surface area contributed by atoms with Gasteiger partial charge in [0.15, 0.2) is 5.65 Å². The molecule has 0 spiro atoms. The maximum absolute atomic E-state index is 8.74. The summed E-state index contributed by atoms with van der Waals surface area (Å²) in [5.74, 6) is 0.511. The topological polar surface area (TPSA) is 66.0 Å². The van der Waals surface area contributed by atoms with Crippen molar-refractivity contribution in [3.05, 3.63) is 52.6 Å². The Morgan fingerprint density at radius 2 is 1.95 bits per heavy atom. The number of pyridine rings is 1. The molecule has 3 rings (SSSR count). The summed E-state index contributed by atoms with van der Waals surface area (Å²) in [6.07, 6.45) is 0. The summed E-state index contributed by atoms with van der Waals surface area (Å²) in [5, 5.41) is 16.2. The highest BCUT2D eigenvalue weighted by Crippen LogP contribution is 2.17. The number of nitriles is 1. The predicted octanol–water partition coefficient (Wildman–Crippen LogP) is 3.11. The number of anilines is 2. The zero-order chi connectivity index (χ0) is 13.2. The van der Waals surface area contributed by atoms with Gasteiger partial charge < -0.3 is 5.32 Å². The first kappa shape index (κ1) is 11.7. The minimum absolute atomic E-state index is 0.511. The minimum Gasteiger partial charge on any atom is -0.323 e. The van der Waals surface area contributed by atoms with Crippen LogP contribution in [0.2, 0.25) is 0 Å². The molecule has 0 aliphatic carbocycles. The SMILES string of the molecule is N#Cc1ccc(Nc2nc3cccc(Br)n3n2)cc1. The number of benzene rings is 1. The molecule has 0 atom stereocenters. The predicted molar refractivity (Wildman–Crippen MR) is 75.1 cm³/mol. The Morgan fingerprint density at radius 1 is 1.16 bits per heavy atom. The van der Waals surface area contributed by atoms with Crippen LogP contribution in [0.4, 0.5) is 11.6 Å². The van der Waals surface area contributed by atoms with Gasteiger partial charge in [0.05, 0.1) is 11.6 Å². The average Bonchev–Trinajstić information content (AvgIpc) is 2.84. The quantitative estimate of drug-likeness (QED) is 0.738. The maximum Gasteiger partial charge on any atom is 0.247 e. The average molecular weight is 314 g/mol. The van der Waals surface area contributed by atoms with E-state index in [1.54, 1.807) is 16.6 Å². The number of hydrogen-bond acceptors (Lipinski definition) is 4. The fourth-order valence-electron chi connectivity index (χ4n) is 1.68. The van der Waals surface area contributed by atoms with Gasteiger partial charge in [-0.25, -0.2) is 4.52 Å². The van der Waals surface area contributed by atoms with Crippen molar-refractivity contribution in [2.45, 2.75) is 0 Å². The third-order valence-corrected chi connectivity index (χ3v) is 3.18. The molecule has 1 aromatic carbocycles. The van der Waals surface area contributed by atoms with Crippen LogP contribution in [0, 0.1) is 11.3 Å². The molecule has 0 fully saturated rings. The monoisotopic (exact) mass is 313 g/mol. The lowest BCUT2D eigenvalue weighted by Crippen LogP contribution is -1.93. The van der Waals surface area contributed by atoms with Crippen LogP contribution in [0.25, 0.3) is 5.65 Å². The molecule has 0 aliphatic heterocycles. The van der Waals surface area contributed by atoms with Gasteiger partial charge in [-0.15, -0.1) is 5.10 Å². The van der Waals surface area contributed by atoms with Crippen LogP contribution in [-0.2, 0) is 0 Å². The molecule has 92 valence electrons. The number of nitrogens with zero attached hydrogens (tertiary/aromatic N) is 4. The maximum atomic E-state index is 8.74. The van der Waals surface area contributed by atoms with Gasteiger partial charge in [-0.3, -0.25) is 0 Å². The normalized spacial score (nSPS) is 10.3. The van der Waals surface area contributed by atoms with Gasteiger partial charge in [0.1, 0.15) is 4.60 Å². The molecule has 6 heteroatoms. The molecule has 3 aromatic rings. The van der Waals surface area contributed by atoms with Crippen molar-refractivity contribution >= 4 is 33.2 Å². The van der Waals surface area contributed by atoms with E-state index in [1.165, 1.54) is 0 Å². The smallest absolute Gasteiger partial charge is 0.247 e. The Bertz CT molecular complexity index is 770. The lowest BCUT2D eigenvalue weighted by atomic mass is 10.2. The Morgan fingerprint density at radius 3 is 2.63 bits per heavy atom. The highest BCUT2D eigenvalue weighted by atomic mass is 79.9. The van der Waals surface area contributed by atoms with Crippen LogP contribution in [0.3, 0.4) is 0 Å². The summed E-state index contributed by atoms with van der Waals surface area (Å²) in [5.41, 5.74) is 2.22. The first-order chi connectivity index (χ1) is 9.26. The van der Waals surface area contributed by atoms with Gasteiger partial charge in [-0.2, -0.15) is 10.2 Å². The van der Waals surface area contributed by atoms with Crippen molar-refractivity contribution in [1.82, 2.24) is 14.6 Å². The van der Waals surface area contributed by atoms with Crippen molar-refractivity contribution in [2.75, 3.05) is 5.32 Å². The Hall–Kier alpha value is -2.39. The molecule has 0 bridgehead atoms. The zero-order valence-corrected chi connectivity index (χ0v) is 11.3. The van der Waals surface area contributed by atoms with Crippen molar-refractivity contribution in [3.8, 4) is 6.07 Å². The molecule has 0 unspecified atom stereocenters. The highest BCUT2D eigenvalue weighted by molar-refractivity contribution is 9.10. The van der Waals surface area contributed by atoms with Gasteiger partial charge in [0.25, 0.3) is 0 Å². The van der Waals surface area contributed by atoms with Crippen molar-refractivity contribution in [1.29, 1.82) is 5.26 Å². The molecule has 5 nitrogen and oxygen atoms in total. The summed E-state index contributed by atoms with van der Waals surface area (Å²) >= 11 is 3.41. The number of fused-ring (bicyclic) bond motifs is 1. The summed E-state index contributed by atoms with van der Waals surface area (Å²) in [4.78, 5) is 4.36. The van der Waals surface area contributed by atoms with E-state index in [0.29, 0.717) is 11.5 Å². The van der Waals surface area contributed by atoms with Gasteiger partial charge in [-0.05, 0) is 52.3 Å². The van der Waals surface area contributed by atoms with E-state index in [9.17, 15) is 0 Å². The van der Waals surface area contributed by atoms with Crippen LogP contribution in [0.1, 0.15) is 5.56 Å². The third-order valence-electron chi connectivity index (χ3n) is 2.58. The van der Waals surface area contributed by atoms with Crippen LogP contribution < -0.4 is 5.32 Å². The number of rotatable bonds is 2. The van der Waals surface area contributed by atoms with E-state index in [2.05, 4.69) is 37.4 Å². The molecule has 0 aliphatic rings. The molecule has 2 aromatic heterocycles. The second-order valence-corrected chi connectivity index (χ2v) is 4.68. The van der Waals surface area contributed by atoms with Gasteiger partial charge in [0.2, 0.25) is 5.95 Å². The zero-order valence-electron chi connectivity index (χ0n) is 9.71. The molecule has 2 heterocycles. The molecule has 0 radical (unpaired) electrons. The van der Waals surface area contributed by atoms with Crippen molar-refractivity contribution < 1.29 is 0 Å². The summed E-state index contributed by atoms with van der Waals surface area (Å²) in [6, 6.07) is 14.9. The first-order valence-electron chi connectivity index (χ1n) is 5.55. The second-order valence-electron chi connectivity index (χ2n) is 3.87. The number of nitrogens with one attached hydrogen (secondary N) is 1. The summed E-state index contributed by atoms with van der Waals surface area (Å²) in [6.45, 7) is 0. The summed E-state index contributed by atoms with van der Waals surface area (Å²) in [7, 11) is 0. The van der Waals surface area contributed by atoms with Crippen LogP contribution in [0.5, 0.6) is 0 Å². The highest BCUT2D eigenvalue weighted by Gasteiger charge is 2.05. The van der Waals surface area contributed by atoms with Crippen LogP contribution >= 0.6 is 15.9 Å². The third kappa shape index (κ3) is 2.28. The van der Waals surface area contributed by atoms with E-state index in [0.717, 1.165) is 15.9 Å². The molecular formula is C13H8BrN5. The molecule has 19 heavy (non-hydrogen) atoms. The Labute approximate surface area is 117 Å². The van der Waals surface area contributed by atoms with Crippen molar-refractivity contribution in [2.24, 2.45) is 0 Å². The molecule has 1 N–H and O–H groups in total. The lowest BCUT2D eigenvalue weighted by molar-refractivity contribution is 0.939. The molecule has 0 saturated carbocycles. The first-order valence-corrected chi connectivity index (χ1v) is 6.34. The second kappa shape index (κ2) is 4.71. The van der Waals surface area contributed by atoms with Crippen LogP contribution in [0.15, 0.2) is 47.1 Å². The van der Waals surface area contributed by atoms with Gasteiger partial charge >= 0.3 is 0 Å². The van der Waals surface area contributed by atoms with Crippen LogP contribution in [-0.4, -0.2) is 14.6 Å². The summed E-state index contributed by atoms with van der Waals surface area (Å²) < 4.78 is 2.54. The van der Waals surface area contributed by atoms with E-state index < -0.39 is 0 Å². The fourth-order valence-corrected chi connectivity index (χ4v) is 2.10. The fraction of sp³-hybridized carbons (Fsp3) is 0.